The second-order valence-electron chi connectivity index (χ2n) is 5.06. The zero-order chi connectivity index (χ0) is 15.9. The molecule has 0 aliphatic rings. The highest BCUT2D eigenvalue weighted by atomic mass is 35.5. The van der Waals surface area contributed by atoms with Crippen molar-refractivity contribution in [2.75, 3.05) is 13.1 Å². The molecule has 0 spiro atoms. The van der Waals surface area contributed by atoms with Gasteiger partial charge in [0.1, 0.15) is 18.5 Å². The zero-order valence-electron chi connectivity index (χ0n) is 12.4. The number of hydrogen-bond acceptors (Lipinski definition) is 2. The van der Waals surface area contributed by atoms with E-state index in [4.69, 9.17) is 11.6 Å². The molecular formula is C17H18Cl2FNO2. The Morgan fingerprint density at radius 1 is 1.13 bits per heavy atom. The molecule has 0 bridgehead atoms. The first-order chi connectivity index (χ1) is 10.6. The van der Waals surface area contributed by atoms with E-state index in [2.05, 4.69) is 0 Å². The van der Waals surface area contributed by atoms with E-state index in [0.29, 0.717) is 30.1 Å². The summed E-state index contributed by atoms with van der Waals surface area (Å²) in [7, 11) is 0. The van der Waals surface area contributed by atoms with Crippen molar-refractivity contribution >= 4 is 17.4 Å². The lowest BCUT2D eigenvalue weighted by Gasteiger charge is -2.09. The molecule has 0 heterocycles. The molecule has 2 rings (SSSR count). The van der Waals surface area contributed by atoms with E-state index in [1.54, 1.807) is 24.3 Å². The largest absolute Gasteiger partial charge is 1.00 e. The fraction of sp³-hybridized carbons (Fsp3) is 0.235. The van der Waals surface area contributed by atoms with Gasteiger partial charge >= 0.3 is 0 Å². The minimum atomic E-state index is -0.599. The number of nitrogens with two attached hydrogens (primary N) is 1. The van der Waals surface area contributed by atoms with Gasteiger partial charge in [0, 0.05) is 10.6 Å². The van der Waals surface area contributed by atoms with Crippen molar-refractivity contribution in [3.63, 3.8) is 0 Å². The van der Waals surface area contributed by atoms with Crippen LogP contribution in [0.2, 0.25) is 5.02 Å². The number of aliphatic hydroxyl groups excluding tert-OH is 1. The van der Waals surface area contributed by atoms with Gasteiger partial charge in [-0.25, -0.2) is 4.39 Å². The molecule has 0 aliphatic carbocycles. The van der Waals surface area contributed by atoms with Gasteiger partial charge in [-0.2, -0.15) is 0 Å². The highest BCUT2D eigenvalue weighted by Gasteiger charge is 2.11. The number of rotatable bonds is 7. The summed E-state index contributed by atoms with van der Waals surface area (Å²) >= 11 is 5.80. The highest BCUT2D eigenvalue weighted by molar-refractivity contribution is 6.30. The first kappa shape index (κ1) is 19.6. The van der Waals surface area contributed by atoms with Crippen LogP contribution in [0.15, 0.2) is 48.5 Å². The van der Waals surface area contributed by atoms with Gasteiger partial charge in [0.05, 0.1) is 13.0 Å². The van der Waals surface area contributed by atoms with Crippen LogP contribution in [-0.4, -0.2) is 24.0 Å². The molecule has 2 aromatic rings. The third kappa shape index (κ3) is 6.28. The van der Waals surface area contributed by atoms with Crippen molar-refractivity contribution in [1.29, 1.82) is 0 Å². The summed E-state index contributed by atoms with van der Waals surface area (Å²) in [6.07, 6.45) is -0.253. The number of quaternary nitrogens is 1. The number of carbonyl (C=O) groups excluding carboxylic acids is 1. The van der Waals surface area contributed by atoms with Gasteiger partial charge in [0.15, 0.2) is 5.78 Å². The van der Waals surface area contributed by atoms with Gasteiger partial charge in [-0.05, 0) is 42.0 Å². The number of halogens is 3. The van der Waals surface area contributed by atoms with E-state index in [1.165, 1.54) is 24.3 Å². The molecule has 1 atom stereocenters. The normalized spacial score (nSPS) is 11.6. The fourth-order valence-corrected chi connectivity index (χ4v) is 2.24. The minimum absolute atomic E-state index is 0. The Morgan fingerprint density at radius 3 is 2.35 bits per heavy atom. The molecule has 23 heavy (non-hydrogen) atoms. The second-order valence-corrected chi connectivity index (χ2v) is 5.50. The van der Waals surface area contributed by atoms with Crippen molar-refractivity contribution in [1.82, 2.24) is 0 Å². The van der Waals surface area contributed by atoms with Crippen LogP contribution >= 0.6 is 11.6 Å². The first-order valence-electron chi connectivity index (χ1n) is 7.10. The lowest BCUT2D eigenvalue weighted by molar-refractivity contribution is -0.660. The molecule has 1 unspecified atom stereocenters. The average Bonchev–Trinajstić information content (AvgIpc) is 2.52. The van der Waals surface area contributed by atoms with Crippen LogP contribution < -0.4 is 17.7 Å². The Morgan fingerprint density at radius 2 is 1.74 bits per heavy atom. The molecule has 3 N–H and O–H groups in total. The van der Waals surface area contributed by atoms with Crippen LogP contribution in [0.1, 0.15) is 28.4 Å². The molecule has 2 aromatic carbocycles. The summed E-state index contributed by atoms with van der Waals surface area (Å²) in [4.78, 5) is 11.9. The van der Waals surface area contributed by atoms with Gasteiger partial charge in [-0.1, -0.05) is 23.7 Å². The molecule has 0 saturated carbocycles. The van der Waals surface area contributed by atoms with E-state index in [9.17, 15) is 14.3 Å². The van der Waals surface area contributed by atoms with E-state index in [1.807, 2.05) is 5.32 Å². The van der Waals surface area contributed by atoms with Crippen LogP contribution in [0.4, 0.5) is 4.39 Å². The van der Waals surface area contributed by atoms with Crippen molar-refractivity contribution in [2.24, 2.45) is 0 Å². The molecule has 0 amide bonds. The molecule has 0 saturated heterocycles. The van der Waals surface area contributed by atoms with E-state index in [-0.39, 0.29) is 24.0 Å². The van der Waals surface area contributed by atoms with Crippen molar-refractivity contribution < 1.29 is 32.0 Å². The maximum Gasteiger partial charge on any atom is 0.168 e. The molecule has 6 heteroatoms. The molecule has 0 fully saturated rings. The topological polar surface area (TPSA) is 53.9 Å². The second kappa shape index (κ2) is 9.63. The number of benzene rings is 2. The summed E-state index contributed by atoms with van der Waals surface area (Å²) in [6.45, 7) is 1.04. The Bertz CT molecular complexity index is 617. The minimum Gasteiger partial charge on any atom is -1.00 e. The van der Waals surface area contributed by atoms with Gasteiger partial charge in [-0.15, -0.1) is 0 Å². The zero-order valence-corrected chi connectivity index (χ0v) is 13.9. The van der Waals surface area contributed by atoms with Crippen molar-refractivity contribution in [3.8, 4) is 0 Å². The van der Waals surface area contributed by atoms with Crippen LogP contribution in [0.5, 0.6) is 0 Å². The number of Topliss-reactive ketones (excluding diaryl/α,β-unsaturated/α-hetero) is 1. The third-order valence-corrected chi connectivity index (χ3v) is 3.64. The van der Waals surface area contributed by atoms with Crippen molar-refractivity contribution in [3.05, 3.63) is 70.5 Å². The Labute approximate surface area is 145 Å². The summed E-state index contributed by atoms with van der Waals surface area (Å²) < 4.78 is 12.8. The van der Waals surface area contributed by atoms with Gasteiger partial charge in [0.25, 0.3) is 0 Å². The molecule has 3 nitrogen and oxygen atoms in total. The molecule has 0 aliphatic heterocycles. The van der Waals surface area contributed by atoms with Gasteiger partial charge in [0.2, 0.25) is 0 Å². The number of hydrogen-bond donors (Lipinski definition) is 2. The van der Waals surface area contributed by atoms with Crippen LogP contribution in [0.25, 0.3) is 0 Å². The Kier molecular flexibility index (Phi) is 8.20. The lowest BCUT2D eigenvalue weighted by atomic mass is 10.1. The average molecular weight is 358 g/mol. The van der Waals surface area contributed by atoms with Gasteiger partial charge in [-0.3, -0.25) is 4.79 Å². The SMILES string of the molecule is O=C(CC[NH2+]CC(O)c1ccc(Cl)cc1)c1ccc(F)cc1.[Cl-]. The number of ketones is 1. The Hall–Kier alpha value is -1.46. The van der Waals surface area contributed by atoms with E-state index >= 15 is 0 Å². The maximum absolute atomic E-state index is 12.8. The fourth-order valence-electron chi connectivity index (χ4n) is 2.11. The summed E-state index contributed by atoms with van der Waals surface area (Å²) in [6, 6.07) is 12.6. The first-order valence-corrected chi connectivity index (χ1v) is 7.48. The number of aliphatic hydroxyl groups is 1. The maximum atomic E-state index is 12.8. The number of carbonyl (C=O) groups is 1. The van der Waals surface area contributed by atoms with E-state index in [0.717, 1.165) is 5.56 Å². The standard InChI is InChI=1S/C17H17ClFNO2.ClH/c18-14-5-1-13(2-6-14)17(22)11-20-10-9-16(21)12-3-7-15(19)8-4-12;/h1-8,17,20,22H,9-11H2;1H. The van der Waals surface area contributed by atoms with Crippen molar-refractivity contribution in [2.45, 2.75) is 12.5 Å². The molecule has 0 aromatic heterocycles. The highest BCUT2D eigenvalue weighted by Crippen LogP contribution is 2.14. The smallest absolute Gasteiger partial charge is 0.168 e. The van der Waals surface area contributed by atoms with E-state index < -0.39 is 6.10 Å². The Balaban J connectivity index is 0.00000264. The molecule has 124 valence electrons. The summed E-state index contributed by atoms with van der Waals surface area (Å²) in [5, 5.41) is 12.5. The quantitative estimate of drug-likeness (QED) is 0.511. The molecule has 0 radical (unpaired) electrons. The predicted molar refractivity (Wildman–Crippen MR) is 83.4 cm³/mol. The summed E-state index contributed by atoms with van der Waals surface area (Å²) in [5.74, 6) is -0.383. The third-order valence-electron chi connectivity index (χ3n) is 3.39. The monoisotopic (exact) mass is 357 g/mol. The van der Waals surface area contributed by atoms with Crippen LogP contribution in [-0.2, 0) is 0 Å². The molecular weight excluding hydrogens is 340 g/mol. The van der Waals surface area contributed by atoms with Gasteiger partial charge < -0.3 is 22.8 Å². The predicted octanol–water partition coefficient (Wildman–Crippen LogP) is -0.647. The van der Waals surface area contributed by atoms with Crippen LogP contribution in [0.3, 0.4) is 0 Å². The lowest BCUT2D eigenvalue weighted by Crippen LogP contribution is -3.00. The van der Waals surface area contributed by atoms with Crippen LogP contribution in [0, 0.1) is 5.82 Å². The summed E-state index contributed by atoms with van der Waals surface area (Å²) in [5.41, 5.74) is 1.30.